The van der Waals surface area contributed by atoms with Crippen LogP contribution in [0.3, 0.4) is 0 Å². The fourth-order valence-electron chi connectivity index (χ4n) is 4.36. The van der Waals surface area contributed by atoms with Crippen molar-refractivity contribution < 1.29 is 9.47 Å². The molecule has 1 aromatic rings. The molecule has 1 saturated carbocycles. The molecule has 1 aromatic carbocycles. The van der Waals surface area contributed by atoms with Gasteiger partial charge in [0.15, 0.2) is 0 Å². The van der Waals surface area contributed by atoms with E-state index in [-0.39, 0.29) is 5.41 Å². The molecule has 0 radical (unpaired) electrons. The molecule has 0 saturated heterocycles. The van der Waals surface area contributed by atoms with E-state index in [2.05, 4.69) is 56.8 Å². The van der Waals surface area contributed by atoms with E-state index in [4.69, 9.17) is 9.47 Å². The maximum Gasteiger partial charge on any atom is 0.118 e. The summed E-state index contributed by atoms with van der Waals surface area (Å²) in [5, 5.41) is 0. The number of nitrogens with zero attached hydrogens (tertiary/aromatic N) is 1. The monoisotopic (exact) mass is 345 g/mol. The Morgan fingerprint density at radius 3 is 2.44 bits per heavy atom. The normalized spacial score (nSPS) is 26.6. The Morgan fingerprint density at radius 2 is 1.92 bits per heavy atom. The molecular weight excluding hydrogens is 310 g/mol. The van der Waals surface area contributed by atoms with Gasteiger partial charge in [-0.1, -0.05) is 24.3 Å². The van der Waals surface area contributed by atoms with Gasteiger partial charge in [0.05, 0.1) is 13.7 Å². The quantitative estimate of drug-likeness (QED) is 0.635. The third-order valence-corrected chi connectivity index (χ3v) is 5.84. The van der Waals surface area contributed by atoms with Gasteiger partial charge in [-0.05, 0) is 88.2 Å². The summed E-state index contributed by atoms with van der Waals surface area (Å²) in [5.41, 5.74) is 2.97. The molecule has 0 unspecified atom stereocenters. The van der Waals surface area contributed by atoms with Gasteiger partial charge in [0.1, 0.15) is 5.75 Å². The smallest absolute Gasteiger partial charge is 0.118 e. The fourth-order valence-corrected chi connectivity index (χ4v) is 4.36. The molecule has 140 valence electrons. The molecule has 3 heteroatoms. The van der Waals surface area contributed by atoms with Gasteiger partial charge in [-0.2, -0.15) is 0 Å². The molecule has 0 aromatic heterocycles. The third-order valence-electron chi connectivity index (χ3n) is 5.84. The molecule has 0 heterocycles. The molecule has 1 aliphatic rings. The molecular formula is C22H35NO2. The molecule has 3 nitrogen and oxygen atoms in total. The van der Waals surface area contributed by atoms with Gasteiger partial charge >= 0.3 is 0 Å². The van der Waals surface area contributed by atoms with E-state index >= 15 is 0 Å². The zero-order valence-electron chi connectivity index (χ0n) is 16.7. The summed E-state index contributed by atoms with van der Waals surface area (Å²) in [5.74, 6) is 1.98. The Bertz CT molecular complexity index is 552. The zero-order chi connectivity index (χ0) is 18.4. The minimum atomic E-state index is 0.259. The lowest BCUT2D eigenvalue weighted by molar-refractivity contribution is 0.0195. The van der Waals surface area contributed by atoms with Crippen LogP contribution in [0, 0.1) is 11.3 Å². The van der Waals surface area contributed by atoms with Crippen LogP contribution < -0.4 is 4.74 Å². The van der Waals surface area contributed by atoms with Gasteiger partial charge in [-0.25, -0.2) is 0 Å². The summed E-state index contributed by atoms with van der Waals surface area (Å²) in [4.78, 5) is 2.28. The number of benzene rings is 1. The average Bonchev–Trinajstić information content (AvgIpc) is 2.60. The van der Waals surface area contributed by atoms with E-state index in [1.807, 2.05) is 7.11 Å². The highest BCUT2D eigenvalue weighted by Gasteiger charge is 2.41. The first-order chi connectivity index (χ1) is 11.9. The first-order valence-corrected chi connectivity index (χ1v) is 9.34. The topological polar surface area (TPSA) is 21.7 Å². The second kappa shape index (κ2) is 8.86. The standard InChI is InChI=1S/C22H35NO2/c1-17(2)20-11-12-22(16-24-5,13-14-23(3)4)15-21(20)18-7-9-19(25-6)10-8-18/h7-10,20-21H,1,11-16H2,2-6H3/t20-,21-,22+/m0/s1. The zero-order valence-corrected chi connectivity index (χ0v) is 16.7. The van der Waals surface area contributed by atoms with Crippen LogP contribution in [0.1, 0.15) is 44.1 Å². The molecule has 25 heavy (non-hydrogen) atoms. The van der Waals surface area contributed by atoms with Crippen molar-refractivity contribution in [1.82, 2.24) is 4.90 Å². The summed E-state index contributed by atoms with van der Waals surface area (Å²) < 4.78 is 11.0. The van der Waals surface area contributed by atoms with E-state index in [1.54, 1.807) is 7.11 Å². The average molecular weight is 346 g/mol. The van der Waals surface area contributed by atoms with Crippen LogP contribution in [0.4, 0.5) is 0 Å². The van der Waals surface area contributed by atoms with Crippen LogP contribution in [0.15, 0.2) is 36.4 Å². The maximum atomic E-state index is 5.67. The highest BCUT2D eigenvalue weighted by atomic mass is 16.5. The second-order valence-electron chi connectivity index (χ2n) is 8.06. The minimum Gasteiger partial charge on any atom is -0.497 e. The number of ether oxygens (including phenoxy) is 2. The van der Waals surface area contributed by atoms with Gasteiger partial charge in [0.25, 0.3) is 0 Å². The van der Waals surface area contributed by atoms with Crippen molar-refractivity contribution in [2.45, 2.75) is 38.5 Å². The number of allylic oxidation sites excluding steroid dienone is 1. The van der Waals surface area contributed by atoms with Crippen LogP contribution in [0.25, 0.3) is 0 Å². The van der Waals surface area contributed by atoms with Gasteiger partial charge in [-0.3, -0.25) is 0 Å². The van der Waals surface area contributed by atoms with Crippen LogP contribution in [0.5, 0.6) is 5.75 Å². The molecule has 1 fully saturated rings. The van der Waals surface area contributed by atoms with Gasteiger partial charge in [0.2, 0.25) is 0 Å². The van der Waals surface area contributed by atoms with E-state index in [0.717, 1.165) is 18.9 Å². The second-order valence-corrected chi connectivity index (χ2v) is 8.06. The van der Waals surface area contributed by atoms with E-state index < -0.39 is 0 Å². The van der Waals surface area contributed by atoms with Crippen molar-refractivity contribution in [3.05, 3.63) is 42.0 Å². The van der Waals surface area contributed by atoms with Crippen molar-refractivity contribution in [2.24, 2.45) is 11.3 Å². The predicted molar refractivity (Wildman–Crippen MR) is 105 cm³/mol. The van der Waals surface area contributed by atoms with Crippen LogP contribution in [-0.2, 0) is 4.74 Å². The van der Waals surface area contributed by atoms with E-state index in [1.165, 1.54) is 36.8 Å². The molecule has 0 amide bonds. The van der Waals surface area contributed by atoms with Gasteiger partial charge in [0, 0.05) is 7.11 Å². The highest BCUT2D eigenvalue weighted by Crippen LogP contribution is 2.51. The van der Waals surface area contributed by atoms with E-state index in [9.17, 15) is 0 Å². The molecule has 2 rings (SSSR count). The minimum absolute atomic E-state index is 0.259. The molecule has 0 spiro atoms. The molecule has 0 bridgehead atoms. The van der Waals surface area contributed by atoms with Crippen LogP contribution in [0.2, 0.25) is 0 Å². The van der Waals surface area contributed by atoms with Crippen molar-refractivity contribution in [1.29, 1.82) is 0 Å². The fraction of sp³-hybridized carbons (Fsp3) is 0.636. The number of hydrogen-bond acceptors (Lipinski definition) is 3. The van der Waals surface area contributed by atoms with Crippen molar-refractivity contribution in [2.75, 3.05) is 41.5 Å². The number of hydrogen-bond donors (Lipinski definition) is 0. The third kappa shape index (κ3) is 5.08. The first-order valence-electron chi connectivity index (χ1n) is 9.34. The number of methoxy groups -OCH3 is 2. The SMILES string of the molecule is C=C(C)[C@@H]1CC[C@](CCN(C)C)(COC)C[C@H]1c1ccc(OC)cc1. The lowest BCUT2D eigenvalue weighted by Gasteiger charge is -2.45. The van der Waals surface area contributed by atoms with Crippen LogP contribution in [-0.4, -0.2) is 46.4 Å². The van der Waals surface area contributed by atoms with Gasteiger partial charge < -0.3 is 14.4 Å². The predicted octanol–water partition coefficient (Wildman–Crippen LogP) is 4.74. The Labute approximate surface area is 154 Å². The number of rotatable bonds is 8. The molecule has 3 atom stereocenters. The summed E-state index contributed by atoms with van der Waals surface area (Å²) in [6, 6.07) is 8.62. The molecule has 0 aliphatic heterocycles. The Kier molecular flexibility index (Phi) is 7.09. The van der Waals surface area contributed by atoms with Crippen LogP contribution >= 0.6 is 0 Å². The van der Waals surface area contributed by atoms with Crippen molar-refractivity contribution in [3.63, 3.8) is 0 Å². The Balaban J connectivity index is 2.28. The Morgan fingerprint density at radius 1 is 1.24 bits per heavy atom. The summed E-state index contributed by atoms with van der Waals surface area (Å²) >= 11 is 0. The first kappa shape index (κ1) is 20.0. The largest absolute Gasteiger partial charge is 0.497 e. The summed E-state index contributed by atoms with van der Waals surface area (Å²) in [6.45, 7) is 8.43. The summed E-state index contributed by atoms with van der Waals surface area (Å²) in [7, 11) is 7.86. The Hall–Kier alpha value is -1.32. The maximum absolute atomic E-state index is 5.67. The molecule has 0 N–H and O–H groups in total. The summed E-state index contributed by atoms with van der Waals surface area (Å²) in [6.07, 6.45) is 4.77. The van der Waals surface area contributed by atoms with Crippen molar-refractivity contribution in [3.8, 4) is 5.75 Å². The highest BCUT2D eigenvalue weighted by molar-refractivity contribution is 5.31. The lowest BCUT2D eigenvalue weighted by Crippen LogP contribution is -2.38. The lowest BCUT2D eigenvalue weighted by atomic mass is 9.61. The molecule has 1 aliphatic carbocycles. The van der Waals surface area contributed by atoms with Gasteiger partial charge in [-0.15, -0.1) is 0 Å². The van der Waals surface area contributed by atoms with E-state index in [0.29, 0.717) is 11.8 Å². The van der Waals surface area contributed by atoms with Crippen molar-refractivity contribution >= 4 is 0 Å².